The van der Waals surface area contributed by atoms with Gasteiger partial charge in [-0.3, -0.25) is 0 Å². The number of hydrogen-bond donors (Lipinski definition) is 4. The summed E-state index contributed by atoms with van der Waals surface area (Å²) in [5, 5.41) is 40.1. The maximum absolute atomic E-state index is 11.6. The summed E-state index contributed by atoms with van der Waals surface area (Å²) in [6.07, 6.45) is -1.27. The van der Waals surface area contributed by atoms with Crippen LogP contribution in [-0.4, -0.2) is 34.4 Å². The highest BCUT2D eigenvalue weighted by Gasteiger charge is 2.24. The van der Waals surface area contributed by atoms with Crippen LogP contribution >= 0.6 is 0 Å². The summed E-state index contributed by atoms with van der Waals surface area (Å²) < 4.78 is 0. The molecule has 1 aromatic carbocycles. The number of aliphatic hydroxyl groups excluding tert-OH is 1. The fourth-order valence-electron chi connectivity index (χ4n) is 1.51. The quantitative estimate of drug-likeness (QED) is 0.630. The third-order valence-corrected chi connectivity index (χ3v) is 2.55. The van der Waals surface area contributed by atoms with Crippen LogP contribution in [0.15, 0.2) is 18.2 Å². The third-order valence-electron chi connectivity index (χ3n) is 2.55. The van der Waals surface area contributed by atoms with Crippen LogP contribution in [0.3, 0.4) is 0 Å². The molecule has 0 aliphatic heterocycles. The molecule has 0 radical (unpaired) electrons. The number of benzene rings is 1. The first kappa shape index (κ1) is 16.0. The van der Waals surface area contributed by atoms with Gasteiger partial charge in [0, 0.05) is 5.69 Å². The van der Waals surface area contributed by atoms with E-state index in [1.165, 1.54) is 25.1 Å². The number of carbonyl (C=O) groups excluding carboxylic acids is 1. The Labute approximate surface area is 120 Å². The minimum Gasteiger partial charge on any atom is -0.480 e. The number of nitrogens with zero attached hydrogens (tertiary/aromatic N) is 2. The molecular formula is C13H12N4O4. The van der Waals surface area contributed by atoms with E-state index in [9.17, 15) is 14.7 Å². The van der Waals surface area contributed by atoms with Gasteiger partial charge in [-0.05, 0) is 25.1 Å². The second-order valence-corrected chi connectivity index (χ2v) is 4.14. The van der Waals surface area contributed by atoms with E-state index >= 15 is 0 Å². The van der Waals surface area contributed by atoms with Gasteiger partial charge in [-0.25, -0.2) is 9.59 Å². The Balaban J connectivity index is 2.83. The van der Waals surface area contributed by atoms with Crippen molar-refractivity contribution in [2.45, 2.75) is 19.1 Å². The molecule has 1 rings (SSSR count). The molecular weight excluding hydrogens is 276 g/mol. The van der Waals surface area contributed by atoms with Crippen molar-refractivity contribution in [2.75, 3.05) is 5.32 Å². The van der Waals surface area contributed by atoms with Gasteiger partial charge in [-0.15, -0.1) is 0 Å². The van der Waals surface area contributed by atoms with Crippen molar-refractivity contribution in [3.05, 3.63) is 29.3 Å². The molecule has 108 valence electrons. The number of urea groups is 1. The first-order valence-corrected chi connectivity index (χ1v) is 5.81. The van der Waals surface area contributed by atoms with Gasteiger partial charge in [0.15, 0.2) is 6.04 Å². The van der Waals surface area contributed by atoms with Crippen molar-refractivity contribution in [1.82, 2.24) is 5.32 Å². The summed E-state index contributed by atoms with van der Waals surface area (Å²) in [5.74, 6) is -1.38. The second-order valence-electron chi connectivity index (χ2n) is 4.14. The molecule has 0 fully saturated rings. The van der Waals surface area contributed by atoms with Crippen LogP contribution in [0.2, 0.25) is 0 Å². The van der Waals surface area contributed by atoms with Crippen molar-refractivity contribution in [3.8, 4) is 12.1 Å². The monoisotopic (exact) mass is 288 g/mol. The molecule has 8 nitrogen and oxygen atoms in total. The van der Waals surface area contributed by atoms with E-state index < -0.39 is 24.1 Å². The highest BCUT2D eigenvalue weighted by Crippen LogP contribution is 2.14. The van der Waals surface area contributed by atoms with E-state index in [4.69, 9.17) is 15.6 Å². The standard InChI is InChI=1S/C13H12N4O4/c1-7(18)11(12(19)20)17-13(21)16-10-3-2-8(5-14)9(4-10)6-15/h2-4,7,11,18H,1H3,(H,19,20)(H2,16,17,21)/t7-,11+/m1/s1. The number of carboxylic acids is 1. The van der Waals surface area contributed by atoms with E-state index in [0.29, 0.717) is 0 Å². The van der Waals surface area contributed by atoms with Crippen molar-refractivity contribution in [1.29, 1.82) is 10.5 Å². The Morgan fingerprint density at radius 2 is 1.86 bits per heavy atom. The van der Waals surface area contributed by atoms with Crippen LogP contribution in [0, 0.1) is 22.7 Å². The molecule has 0 aliphatic rings. The molecule has 0 saturated heterocycles. The van der Waals surface area contributed by atoms with Crippen LogP contribution in [0.1, 0.15) is 18.1 Å². The Morgan fingerprint density at radius 3 is 2.33 bits per heavy atom. The summed E-state index contributed by atoms with van der Waals surface area (Å²) in [6.45, 7) is 1.23. The fourth-order valence-corrected chi connectivity index (χ4v) is 1.51. The molecule has 0 saturated carbocycles. The number of rotatable bonds is 4. The maximum atomic E-state index is 11.6. The largest absolute Gasteiger partial charge is 0.480 e. The van der Waals surface area contributed by atoms with Crippen molar-refractivity contribution < 1.29 is 19.8 Å². The highest BCUT2D eigenvalue weighted by molar-refractivity contribution is 5.92. The fraction of sp³-hybridized carbons (Fsp3) is 0.231. The van der Waals surface area contributed by atoms with E-state index in [-0.39, 0.29) is 16.8 Å². The Bertz CT molecular complexity index is 643. The van der Waals surface area contributed by atoms with Gasteiger partial charge in [0.05, 0.1) is 17.2 Å². The number of aliphatic carboxylic acids is 1. The first-order chi connectivity index (χ1) is 9.88. The van der Waals surface area contributed by atoms with Gasteiger partial charge in [-0.2, -0.15) is 10.5 Å². The Kier molecular flexibility index (Phi) is 5.24. The van der Waals surface area contributed by atoms with Crippen LogP contribution in [0.5, 0.6) is 0 Å². The Morgan fingerprint density at radius 1 is 1.24 bits per heavy atom. The molecule has 0 heterocycles. The lowest BCUT2D eigenvalue weighted by atomic mass is 10.1. The summed E-state index contributed by atoms with van der Waals surface area (Å²) in [7, 11) is 0. The third kappa shape index (κ3) is 4.20. The summed E-state index contributed by atoms with van der Waals surface area (Å²) in [6, 6.07) is 5.37. The predicted molar refractivity (Wildman–Crippen MR) is 71.1 cm³/mol. The van der Waals surface area contributed by atoms with E-state index in [0.717, 1.165) is 0 Å². The predicted octanol–water partition coefficient (Wildman–Crippen LogP) is 0.385. The molecule has 0 aromatic heterocycles. The summed E-state index contributed by atoms with van der Waals surface area (Å²) in [4.78, 5) is 22.5. The Hall–Kier alpha value is -3.10. The number of carboxylic acid groups (broad SMARTS) is 1. The van der Waals surface area contributed by atoms with Gasteiger partial charge >= 0.3 is 12.0 Å². The number of anilines is 1. The molecule has 0 unspecified atom stereocenters. The zero-order valence-electron chi connectivity index (χ0n) is 11.0. The van der Waals surface area contributed by atoms with Gasteiger partial charge in [0.1, 0.15) is 12.1 Å². The van der Waals surface area contributed by atoms with Crippen molar-refractivity contribution >= 4 is 17.7 Å². The molecule has 0 aliphatic carbocycles. The number of aliphatic hydroxyl groups is 1. The van der Waals surface area contributed by atoms with Gasteiger partial charge in [0.25, 0.3) is 0 Å². The van der Waals surface area contributed by atoms with Crippen LogP contribution in [0.25, 0.3) is 0 Å². The second kappa shape index (κ2) is 6.89. The molecule has 4 N–H and O–H groups in total. The van der Waals surface area contributed by atoms with Crippen LogP contribution in [0.4, 0.5) is 10.5 Å². The average molecular weight is 288 g/mol. The molecule has 0 bridgehead atoms. The highest BCUT2D eigenvalue weighted by atomic mass is 16.4. The van der Waals surface area contributed by atoms with E-state index in [1.807, 2.05) is 12.1 Å². The number of carbonyl (C=O) groups is 2. The molecule has 8 heteroatoms. The number of nitrogens with one attached hydrogen (secondary N) is 2. The summed E-state index contributed by atoms with van der Waals surface area (Å²) >= 11 is 0. The molecule has 1 aromatic rings. The molecule has 0 spiro atoms. The topological polar surface area (TPSA) is 146 Å². The molecule has 2 atom stereocenters. The normalized spacial score (nSPS) is 12.4. The average Bonchev–Trinajstić information content (AvgIpc) is 2.43. The lowest BCUT2D eigenvalue weighted by Crippen LogP contribution is -2.49. The summed E-state index contributed by atoms with van der Waals surface area (Å²) in [5.41, 5.74) is 0.467. The zero-order valence-corrected chi connectivity index (χ0v) is 11.0. The van der Waals surface area contributed by atoms with Gasteiger partial charge < -0.3 is 20.8 Å². The minimum atomic E-state index is -1.46. The first-order valence-electron chi connectivity index (χ1n) is 5.81. The van der Waals surface area contributed by atoms with E-state index in [1.54, 1.807) is 0 Å². The van der Waals surface area contributed by atoms with Crippen LogP contribution < -0.4 is 10.6 Å². The lowest BCUT2D eigenvalue weighted by Gasteiger charge is -2.17. The number of amides is 2. The minimum absolute atomic E-state index is 0.0839. The number of hydrogen-bond acceptors (Lipinski definition) is 5. The van der Waals surface area contributed by atoms with E-state index in [2.05, 4.69) is 10.6 Å². The number of nitriles is 2. The zero-order chi connectivity index (χ0) is 16.0. The maximum Gasteiger partial charge on any atom is 0.328 e. The van der Waals surface area contributed by atoms with Gasteiger partial charge in [0.2, 0.25) is 0 Å². The van der Waals surface area contributed by atoms with Crippen LogP contribution in [-0.2, 0) is 4.79 Å². The molecule has 21 heavy (non-hydrogen) atoms. The lowest BCUT2D eigenvalue weighted by molar-refractivity contribution is -0.141. The van der Waals surface area contributed by atoms with Crippen molar-refractivity contribution in [2.24, 2.45) is 0 Å². The molecule has 2 amide bonds. The SMILES string of the molecule is C[C@@H](O)[C@H](NC(=O)Nc1ccc(C#N)c(C#N)c1)C(=O)O. The van der Waals surface area contributed by atoms with Gasteiger partial charge in [-0.1, -0.05) is 0 Å². The van der Waals surface area contributed by atoms with Crippen molar-refractivity contribution in [3.63, 3.8) is 0 Å². The smallest absolute Gasteiger partial charge is 0.328 e.